The van der Waals surface area contributed by atoms with Gasteiger partial charge in [-0.15, -0.1) is 24.0 Å². The van der Waals surface area contributed by atoms with Crippen molar-refractivity contribution < 1.29 is 4.79 Å². The largest absolute Gasteiger partial charge is 0.357 e. The standard InChI is InChI=1S/C17H31N7OS.HI/c1-4-8-19-15(25)7-9-20-16(18-6-3)23-10-12-24(13-11-23)17-21-14(5-2)22-26-17;/h4-13H2,1-3H3,(H,18,20)(H,19,25);1H. The second kappa shape index (κ2) is 13.1. The first-order valence-corrected chi connectivity index (χ1v) is 10.3. The van der Waals surface area contributed by atoms with Gasteiger partial charge in [0.25, 0.3) is 0 Å². The molecule has 8 nitrogen and oxygen atoms in total. The van der Waals surface area contributed by atoms with E-state index in [1.807, 2.05) is 6.92 Å². The van der Waals surface area contributed by atoms with Gasteiger partial charge in [0.15, 0.2) is 5.96 Å². The summed E-state index contributed by atoms with van der Waals surface area (Å²) in [6.07, 6.45) is 2.26. The summed E-state index contributed by atoms with van der Waals surface area (Å²) in [5.74, 6) is 1.88. The molecule has 0 aromatic carbocycles. The number of hydrogen-bond acceptors (Lipinski definition) is 6. The van der Waals surface area contributed by atoms with Crippen molar-refractivity contribution >= 4 is 52.5 Å². The van der Waals surface area contributed by atoms with Crippen LogP contribution in [0.4, 0.5) is 5.13 Å². The van der Waals surface area contributed by atoms with Crippen molar-refractivity contribution in [3.63, 3.8) is 0 Å². The lowest BCUT2D eigenvalue weighted by molar-refractivity contribution is -0.120. The van der Waals surface area contributed by atoms with Gasteiger partial charge < -0.3 is 20.4 Å². The van der Waals surface area contributed by atoms with Crippen LogP contribution in [0.1, 0.15) is 39.4 Å². The molecular formula is C17H32IN7OS. The number of anilines is 1. The van der Waals surface area contributed by atoms with E-state index in [9.17, 15) is 4.79 Å². The minimum absolute atomic E-state index is 0. The number of piperazine rings is 1. The third-order valence-corrected chi connectivity index (χ3v) is 4.95. The topological polar surface area (TPSA) is 85.8 Å². The fraction of sp³-hybridized carbons (Fsp3) is 0.765. The van der Waals surface area contributed by atoms with Crippen LogP contribution in [0, 0.1) is 0 Å². The lowest BCUT2D eigenvalue weighted by Crippen LogP contribution is -2.52. The van der Waals surface area contributed by atoms with Crippen molar-refractivity contribution in [1.82, 2.24) is 24.9 Å². The third kappa shape index (κ3) is 7.76. The Bertz CT molecular complexity index is 588. The van der Waals surface area contributed by atoms with Gasteiger partial charge in [0.2, 0.25) is 11.0 Å². The van der Waals surface area contributed by atoms with E-state index >= 15 is 0 Å². The van der Waals surface area contributed by atoms with Gasteiger partial charge in [-0.05, 0) is 13.3 Å². The van der Waals surface area contributed by atoms with Gasteiger partial charge >= 0.3 is 0 Å². The van der Waals surface area contributed by atoms with E-state index in [4.69, 9.17) is 0 Å². The second-order valence-corrected chi connectivity index (χ2v) is 6.89. The highest BCUT2D eigenvalue weighted by Gasteiger charge is 2.22. The molecule has 1 amide bonds. The minimum Gasteiger partial charge on any atom is -0.357 e. The molecule has 1 aromatic rings. The number of amides is 1. The first-order valence-electron chi connectivity index (χ1n) is 9.55. The Balaban J connectivity index is 0.00000364. The number of aliphatic imine (C=N–C) groups is 1. The molecule has 1 saturated heterocycles. The fourth-order valence-corrected chi connectivity index (χ4v) is 3.47. The lowest BCUT2D eigenvalue weighted by atomic mass is 10.3. The number of aryl methyl sites for hydroxylation is 1. The number of hydrogen-bond donors (Lipinski definition) is 2. The van der Waals surface area contributed by atoms with Crippen molar-refractivity contribution in [2.45, 2.75) is 40.0 Å². The van der Waals surface area contributed by atoms with Gasteiger partial charge in [-0.25, -0.2) is 4.98 Å². The van der Waals surface area contributed by atoms with Gasteiger partial charge in [0.05, 0.1) is 6.54 Å². The van der Waals surface area contributed by atoms with Crippen molar-refractivity contribution in [3.8, 4) is 0 Å². The minimum atomic E-state index is 0. The average Bonchev–Trinajstić information content (AvgIpc) is 3.15. The van der Waals surface area contributed by atoms with E-state index in [0.29, 0.717) is 13.0 Å². The van der Waals surface area contributed by atoms with Crippen LogP contribution in [-0.2, 0) is 11.2 Å². The fourth-order valence-electron chi connectivity index (χ4n) is 2.67. The number of guanidine groups is 1. The number of nitrogens with zero attached hydrogens (tertiary/aromatic N) is 5. The molecule has 1 fully saturated rings. The zero-order valence-electron chi connectivity index (χ0n) is 16.5. The molecule has 0 bridgehead atoms. The van der Waals surface area contributed by atoms with Crippen LogP contribution in [0.5, 0.6) is 0 Å². The summed E-state index contributed by atoms with van der Waals surface area (Å²) in [5, 5.41) is 7.24. The van der Waals surface area contributed by atoms with E-state index < -0.39 is 0 Å². The van der Waals surface area contributed by atoms with E-state index in [1.165, 1.54) is 11.5 Å². The maximum absolute atomic E-state index is 11.7. The smallest absolute Gasteiger partial charge is 0.221 e. The van der Waals surface area contributed by atoms with Crippen LogP contribution < -0.4 is 15.5 Å². The molecule has 10 heteroatoms. The Hall–Kier alpha value is -1.17. The first kappa shape index (κ1) is 23.9. The summed E-state index contributed by atoms with van der Waals surface area (Å²) in [5.41, 5.74) is 0. The van der Waals surface area contributed by atoms with Crippen LogP contribution in [-0.4, -0.2) is 71.9 Å². The maximum atomic E-state index is 11.7. The third-order valence-electron chi connectivity index (χ3n) is 4.13. The van der Waals surface area contributed by atoms with Gasteiger partial charge in [-0.3, -0.25) is 9.79 Å². The zero-order chi connectivity index (χ0) is 18.8. The summed E-state index contributed by atoms with van der Waals surface area (Å²) < 4.78 is 4.37. The van der Waals surface area contributed by atoms with Crippen molar-refractivity contribution in [3.05, 3.63) is 5.82 Å². The zero-order valence-corrected chi connectivity index (χ0v) is 19.7. The van der Waals surface area contributed by atoms with E-state index in [1.54, 1.807) is 0 Å². The summed E-state index contributed by atoms with van der Waals surface area (Å²) in [6, 6.07) is 0. The molecule has 0 unspecified atom stereocenters. The maximum Gasteiger partial charge on any atom is 0.221 e. The summed E-state index contributed by atoms with van der Waals surface area (Å²) in [7, 11) is 0. The summed E-state index contributed by atoms with van der Waals surface area (Å²) >= 11 is 1.48. The van der Waals surface area contributed by atoms with Gasteiger partial charge in [0, 0.05) is 63.6 Å². The monoisotopic (exact) mass is 509 g/mol. The number of rotatable bonds is 8. The SMILES string of the molecule is CCCNC(=O)CCN=C(NCC)N1CCN(c2nc(CC)ns2)CC1.I. The van der Waals surface area contributed by atoms with E-state index in [2.05, 4.69) is 48.6 Å². The molecule has 0 saturated carbocycles. The Morgan fingerprint density at radius 3 is 2.52 bits per heavy atom. The van der Waals surface area contributed by atoms with Crippen LogP contribution in [0.25, 0.3) is 0 Å². The Morgan fingerprint density at radius 2 is 1.93 bits per heavy atom. The highest BCUT2D eigenvalue weighted by atomic mass is 127. The van der Waals surface area contributed by atoms with Gasteiger partial charge in [-0.2, -0.15) is 4.37 Å². The predicted molar refractivity (Wildman–Crippen MR) is 122 cm³/mol. The number of carbonyl (C=O) groups excluding carboxylic acids is 1. The molecule has 0 aliphatic carbocycles. The predicted octanol–water partition coefficient (Wildman–Crippen LogP) is 1.72. The van der Waals surface area contributed by atoms with Crippen molar-refractivity contribution in [1.29, 1.82) is 0 Å². The van der Waals surface area contributed by atoms with Crippen LogP contribution in [0.3, 0.4) is 0 Å². The first-order chi connectivity index (χ1) is 12.7. The number of carbonyl (C=O) groups is 1. The number of nitrogens with one attached hydrogen (secondary N) is 2. The molecule has 1 aromatic heterocycles. The van der Waals surface area contributed by atoms with Crippen LogP contribution >= 0.6 is 35.5 Å². The van der Waals surface area contributed by atoms with Crippen molar-refractivity contribution in [2.24, 2.45) is 4.99 Å². The molecule has 0 atom stereocenters. The van der Waals surface area contributed by atoms with Gasteiger partial charge in [0.1, 0.15) is 5.82 Å². The molecule has 1 aliphatic heterocycles. The van der Waals surface area contributed by atoms with Crippen molar-refractivity contribution in [2.75, 3.05) is 50.7 Å². The summed E-state index contributed by atoms with van der Waals surface area (Å²) in [6.45, 7) is 11.8. The molecule has 0 radical (unpaired) electrons. The lowest BCUT2D eigenvalue weighted by Gasteiger charge is -2.36. The molecule has 2 N–H and O–H groups in total. The second-order valence-electron chi connectivity index (χ2n) is 6.16. The van der Waals surface area contributed by atoms with Crippen LogP contribution in [0.15, 0.2) is 4.99 Å². The Labute approximate surface area is 183 Å². The van der Waals surface area contributed by atoms with Gasteiger partial charge in [-0.1, -0.05) is 13.8 Å². The van der Waals surface area contributed by atoms with E-state index in [0.717, 1.165) is 69.0 Å². The molecule has 1 aliphatic rings. The molecule has 154 valence electrons. The highest BCUT2D eigenvalue weighted by molar-refractivity contribution is 14.0. The highest BCUT2D eigenvalue weighted by Crippen LogP contribution is 2.19. The molecule has 2 rings (SSSR count). The molecule has 2 heterocycles. The molecule has 27 heavy (non-hydrogen) atoms. The average molecular weight is 509 g/mol. The number of halogens is 1. The Kier molecular flexibility index (Phi) is 11.6. The van der Waals surface area contributed by atoms with E-state index in [-0.39, 0.29) is 29.9 Å². The quantitative estimate of drug-likeness (QED) is 0.316. The normalized spacial score (nSPS) is 14.7. The number of aromatic nitrogens is 2. The molecular weight excluding hydrogens is 477 g/mol. The molecule has 0 spiro atoms. The van der Waals surface area contributed by atoms with Crippen LogP contribution in [0.2, 0.25) is 0 Å². The summed E-state index contributed by atoms with van der Waals surface area (Å²) in [4.78, 5) is 25.5. The Morgan fingerprint density at radius 1 is 1.19 bits per heavy atom.